The number of benzene rings is 1. The minimum atomic E-state index is -0.214. The van der Waals surface area contributed by atoms with Crippen molar-refractivity contribution in [2.45, 2.75) is 33.0 Å². The zero-order valence-electron chi connectivity index (χ0n) is 9.91. The van der Waals surface area contributed by atoms with Crippen molar-refractivity contribution in [3.05, 3.63) is 35.6 Å². The average Bonchev–Trinajstić information content (AvgIpc) is 2.26. The first-order valence-electron chi connectivity index (χ1n) is 5.51. The van der Waals surface area contributed by atoms with Crippen molar-refractivity contribution < 1.29 is 9.13 Å². The number of halogens is 2. The molecule has 0 saturated heterocycles. The maximum absolute atomic E-state index is 12.8. The largest absolute Gasteiger partial charge is 0.369 e. The van der Waals surface area contributed by atoms with Crippen LogP contribution in [0.3, 0.4) is 0 Å². The summed E-state index contributed by atoms with van der Waals surface area (Å²) in [5.41, 5.74) is 1.01. The summed E-state index contributed by atoms with van der Waals surface area (Å²) >= 11 is 3.43. The van der Waals surface area contributed by atoms with Crippen LogP contribution in [0, 0.1) is 11.7 Å². The lowest BCUT2D eigenvalue weighted by atomic mass is 10.1. The molecule has 1 rings (SSSR count). The Morgan fingerprint density at radius 2 is 1.75 bits per heavy atom. The third-order valence-corrected chi connectivity index (χ3v) is 3.29. The van der Waals surface area contributed by atoms with Crippen LogP contribution in [-0.4, -0.2) is 11.4 Å². The van der Waals surface area contributed by atoms with Gasteiger partial charge in [-0.25, -0.2) is 4.39 Å². The molecule has 90 valence electrons. The van der Waals surface area contributed by atoms with Gasteiger partial charge < -0.3 is 4.74 Å². The summed E-state index contributed by atoms with van der Waals surface area (Å²) in [5.74, 6) is 0.260. The van der Waals surface area contributed by atoms with Gasteiger partial charge in [0.25, 0.3) is 0 Å². The van der Waals surface area contributed by atoms with Gasteiger partial charge in [0.2, 0.25) is 0 Å². The quantitative estimate of drug-likeness (QED) is 0.733. The highest BCUT2D eigenvalue weighted by Crippen LogP contribution is 2.23. The van der Waals surface area contributed by atoms with E-state index in [9.17, 15) is 4.39 Å². The van der Waals surface area contributed by atoms with Gasteiger partial charge in [0.1, 0.15) is 5.82 Å². The summed E-state index contributed by atoms with van der Waals surface area (Å²) in [4.78, 5) is 0. The Hall–Kier alpha value is -0.410. The molecule has 2 unspecified atom stereocenters. The van der Waals surface area contributed by atoms with Crippen LogP contribution in [0.15, 0.2) is 24.3 Å². The Morgan fingerprint density at radius 1 is 1.19 bits per heavy atom. The number of rotatable bonds is 5. The number of ether oxygens (including phenoxy) is 1. The van der Waals surface area contributed by atoms with E-state index in [4.69, 9.17) is 4.74 Å². The van der Waals surface area contributed by atoms with Crippen LogP contribution in [0.1, 0.15) is 32.4 Å². The maximum atomic E-state index is 12.8. The van der Waals surface area contributed by atoms with Crippen molar-refractivity contribution in [3.8, 4) is 0 Å². The van der Waals surface area contributed by atoms with E-state index in [0.717, 1.165) is 10.9 Å². The summed E-state index contributed by atoms with van der Waals surface area (Å²) < 4.78 is 18.7. The molecule has 0 fully saturated rings. The highest BCUT2D eigenvalue weighted by molar-refractivity contribution is 9.09. The molecular weight excluding hydrogens is 271 g/mol. The van der Waals surface area contributed by atoms with E-state index in [0.29, 0.717) is 5.92 Å². The Bertz CT molecular complexity index is 310. The van der Waals surface area contributed by atoms with Crippen molar-refractivity contribution in [2.75, 3.05) is 5.33 Å². The lowest BCUT2D eigenvalue weighted by Crippen LogP contribution is -2.19. The van der Waals surface area contributed by atoms with Crippen LogP contribution in [0.25, 0.3) is 0 Å². The van der Waals surface area contributed by atoms with E-state index < -0.39 is 0 Å². The molecule has 0 amide bonds. The SMILES string of the molecule is CC(C)C(C)OC(CBr)c1ccc(F)cc1. The molecule has 0 N–H and O–H groups in total. The normalized spacial score (nSPS) is 15.1. The first-order chi connectivity index (χ1) is 7.54. The van der Waals surface area contributed by atoms with Gasteiger partial charge in [0, 0.05) is 5.33 Å². The molecule has 0 heterocycles. The fourth-order valence-corrected chi connectivity index (χ4v) is 1.82. The molecule has 0 saturated carbocycles. The van der Waals surface area contributed by atoms with Gasteiger partial charge in [-0.1, -0.05) is 41.9 Å². The standard InChI is InChI=1S/C13H18BrFO/c1-9(2)10(3)16-13(8-14)11-4-6-12(15)7-5-11/h4-7,9-10,13H,8H2,1-3H3. The molecule has 0 spiro atoms. The molecule has 1 aromatic carbocycles. The third kappa shape index (κ3) is 3.87. The molecule has 2 atom stereocenters. The van der Waals surface area contributed by atoms with Crippen molar-refractivity contribution in [1.82, 2.24) is 0 Å². The van der Waals surface area contributed by atoms with Gasteiger partial charge in [-0.05, 0) is 30.5 Å². The van der Waals surface area contributed by atoms with Crippen LogP contribution in [0.2, 0.25) is 0 Å². The van der Waals surface area contributed by atoms with Crippen molar-refractivity contribution in [2.24, 2.45) is 5.92 Å². The molecule has 0 bridgehead atoms. The average molecular weight is 289 g/mol. The van der Waals surface area contributed by atoms with Gasteiger partial charge in [0.15, 0.2) is 0 Å². The van der Waals surface area contributed by atoms with Crippen LogP contribution in [0.4, 0.5) is 4.39 Å². The second-order valence-electron chi connectivity index (χ2n) is 4.28. The van der Waals surface area contributed by atoms with Gasteiger partial charge in [0.05, 0.1) is 12.2 Å². The monoisotopic (exact) mass is 288 g/mol. The van der Waals surface area contributed by atoms with Gasteiger partial charge >= 0.3 is 0 Å². The first-order valence-corrected chi connectivity index (χ1v) is 6.63. The minimum Gasteiger partial charge on any atom is -0.369 e. The Balaban J connectivity index is 2.70. The number of alkyl halides is 1. The van der Waals surface area contributed by atoms with E-state index in [1.165, 1.54) is 12.1 Å². The van der Waals surface area contributed by atoms with Crippen molar-refractivity contribution in [3.63, 3.8) is 0 Å². The molecule has 0 aromatic heterocycles. The zero-order chi connectivity index (χ0) is 12.1. The summed E-state index contributed by atoms with van der Waals surface area (Å²) in [7, 11) is 0. The maximum Gasteiger partial charge on any atom is 0.123 e. The molecule has 1 aromatic rings. The molecule has 16 heavy (non-hydrogen) atoms. The first kappa shape index (κ1) is 13.7. The predicted octanol–water partition coefficient (Wildman–Crippen LogP) is 4.32. The van der Waals surface area contributed by atoms with E-state index in [-0.39, 0.29) is 18.0 Å². The van der Waals surface area contributed by atoms with Crippen LogP contribution in [-0.2, 0) is 4.74 Å². The zero-order valence-corrected chi connectivity index (χ0v) is 11.5. The second kappa shape index (κ2) is 6.36. The van der Waals surface area contributed by atoms with Crippen molar-refractivity contribution >= 4 is 15.9 Å². The Kier molecular flexibility index (Phi) is 5.42. The molecule has 0 aliphatic rings. The van der Waals surface area contributed by atoms with E-state index in [2.05, 4.69) is 36.7 Å². The lowest BCUT2D eigenvalue weighted by molar-refractivity contribution is -0.0142. The summed E-state index contributed by atoms with van der Waals surface area (Å²) in [6.07, 6.45) is 0.172. The Labute approximate surface area is 105 Å². The lowest BCUT2D eigenvalue weighted by Gasteiger charge is -2.23. The smallest absolute Gasteiger partial charge is 0.123 e. The second-order valence-corrected chi connectivity index (χ2v) is 4.93. The van der Waals surface area contributed by atoms with Crippen LogP contribution < -0.4 is 0 Å². The summed E-state index contributed by atoms with van der Waals surface area (Å²) in [6.45, 7) is 6.31. The molecule has 0 aliphatic heterocycles. The third-order valence-electron chi connectivity index (χ3n) is 2.70. The summed E-state index contributed by atoms with van der Waals surface area (Å²) in [6, 6.07) is 6.48. The Morgan fingerprint density at radius 3 is 2.19 bits per heavy atom. The fourth-order valence-electron chi connectivity index (χ4n) is 1.30. The van der Waals surface area contributed by atoms with Gasteiger partial charge in [-0.2, -0.15) is 0 Å². The minimum absolute atomic E-state index is 0.0157. The highest BCUT2D eigenvalue weighted by atomic mass is 79.9. The fraction of sp³-hybridized carbons (Fsp3) is 0.538. The van der Waals surface area contributed by atoms with E-state index in [1.807, 2.05) is 0 Å². The predicted molar refractivity (Wildman–Crippen MR) is 68.3 cm³/mol. The molecule has 1 nitrogen and oxygen atoms in total. The number of hydrogen-bond donors (Lipinski definition) is 0. The molecular formula is C13H18BrFO. The summed E-state index contributed by atoms with van der Waals surface area (Å²) in [5, 5.41) is 0.718. The van der Waals surface area contributed by atoms with Crippen molar-refractivity contribution in [1.29, 1.82) is 0 Å². The van der Waals surface area contributed by atoms with E-state index in [1.54, 1.807) is 12.1 Å². The topological polar surface area (TPSA) is 9.23 Å². The molecule has 3 heteroatoms. The highest BCUT2D eigenvalue weighted by Gasteiger charge is 2.16. The molecule has 0 radical (unpaired) electrons. The van der Waals surface area contributed by atoms with Gasteiger partial charge in [-0.3, -0.25) is 0 Å². The van der Waals surface area contributed by atoms with Gasteiger partial charge in [-0.15, -0.1) is 0 Å². The van der Waals surface area contributed by atoms with Crippen LogP contribution >= 0.6 is 15.9 Å². The van der Waals surface area contributed by atoms with E-state index >= 15 is 0 Å². The van der Waals surface area contributed by atoms with Crippen LogP contribution in [0.5, 0.6) is 0 Å². The number of hydrogen-bond acceptors (Lipinski definition) is 1. The molecule has 0 aliphatic carbocycles.